The number of anilines is 1. The van der Waals surface area contributed by atoms with Crippen LogP contribution in [0.2, 0.25) is 0 Å². The zero-order valence-electron chi connectivity index (χ0n) is 8.58. The molecule has 0 aromatic carbocycles. The smallest absolute Gasteiger partial charge is 0.248 e. The molecule has 2 aromatic heterocycles. The molecule has 1 amide bonds. The summed E-state index contributed by atoms with van der Waals surface area (Å²) in [6, 6.07) is 6.64. The Morgan fingerprint density at radius 1 is 0.938 bits per heavy atom. The lowest BCUT2D eigenvalue weighted by molar-refractivity contribution is 0.1000. The number of pyridine rings is 2. The van der Waals surface area contributed by atoms with Gasteiger partial charge in [-0.2, -0.15) is 0 Å². The lowest BCUT2D eigenvalue weighted by Gasteiger charge is -1.88. The number of rotatable bonds is 1. The number of amides is 1. The molecule has 0 unspecified atom stereocenters. The molecule has 2 heterocycles. The van der Waals surface area contributed by atoms with Crippen molar-refractivity contribution in [3.63, 3.8) is 0 Å². The van der Waals surface area contributed by atoms with Crippen LogP contribution in [0.15, 0.2) is 49.1 Å². The molecular formula is C11H12N4O. The highest BCUT2D eigenvalue weighted by Gasteiger charge is 1.94. The molecule has 0 atom stereocenters. The number of carbonyl (C=O) groups excluding carboxylic acids is 1. The first-order valence-electron chi connectivity index (χ1n) is 4.55. The van der Waals surface area contributed by atoms with E-state index in [1.807, 2.05) is 0 Å². The zero-order chi connectivity index (χ0) is 11.8. The van der Waals surface area contributed by atoms with Crippen molar-refractivity contribution in [1.29, 1.82) is 0 Å². The van der Waals surface area contributed by atoms with Gasteiger partial charge in [0.15, 0.2) is 0 Å². The summed E-state index contributed by atoms with van der Waals surface area (Å²) in [5, 5.41) is 0. The Hall–Kier alpha value is -2.43. The Morgan fingerprint density at radius 3 is 1.62 bits per heavy atom. The van der Waals surface area contributed by atoms with Crippen molar-refractivity contribution in [2.24, 2.45) is 5.73 Å². The number of nitrogen functional groups attached to an aromatic ring is 1. The van der Waals surface area contributed by atoms with Gasteiger partial charge in [0.25, 0.3) is 0 Å². The molecule has 0 saturated heterocycles. The molecule has 5 nitrogen and oxygen atoms in total. The summed E-state index contributed by atoms with van der Waals surface area (Å²) in [5.41, 5.74) is 11.5. The fraction of sp³-hybridized carbons (Fsp3) is 0. The maximum absolute atomic E-state index is 10.4. The van der Waals surface area contributed by atoms with Crippen LogP contribution in [0.4, 0.5) is 5.69 Å². The van der Waals surface area contributed by atoms with E-state index in [1.54, 1.807) is 36.7 Å². The van der Waals surface area contributed by atoms with Crippen LogP contribution in [0.1, 0.15) is 10.4 Å². The molecular weight excluding hydrogens is 204 g/mol. The second-order valence-electron chi connectivity index (χ2n) is 2.88. The molecule has 4 N–H and O–H groups in total. The maximum atomic E-state index is 10.4. The van der Waals surface area contributed by atoms with Crippen LogP contribution in [0.3, 0.4) is 0 Å². The first kappa shape index (κ1) is 11.6. The average molecular weight is 216 g/mol. The predicted molar refractivity (Wildman–Crippen MR) is 61.4 cm³/mol. The highest BCUT2D eigenvalue weighted by atomic mass is 16.1. The van der Waals surface area contributed by atoms with Crippen LogP contribution < -0.4 is 11.5 Å². The second-order valence-corrected chi connectivity index (χ2v) is 2.88. The monoisotopic (exact) mass is 216 g/mol. The van der Waals surface area contributed by atoms with Gasteiger partial charge >= 0.3 is 0 Å². The Bertz CT molecular complexity index is 430. The third-order valence-corrected chi connectivity index (χ3v) is 1.67. The molecule has 82 valence electrons. The summed E-state index contributed by atoms with van der Waals surface area (Å²) in [7, 11) is 0. The summed E-state index contributed by atoms with van der Waals surface area (Å²) in [4.78, 5) is 17.9. The molecule has 2 rings (SSSR count). The van der Waals surface area contributed by atoms with Gasteiger partial charge in [0.05, 0.1) is 0 Å². The highest BCUT2D eigenvalue weighted by molar-refractivity contribution is 5.92. The van der Waals surface area contributed by atoms with Gasteiger partial charge in [0, 0.05) is 36.0 Å². The molecule has 0 aliphatic carbocycles. The quantitative estimate of drug-likeness (QED) is 0.738. The van der Waals surface area contributed by atoms with Crippen LogP contribution in [-0.4, -0.2) is 15.9 Å². The van der Waals surface area contributed by atoms with E-state index in [2.05, 4.69) is 9.97 Å². The first-order chi connectivity index (χ1) is 7.70. The van der Waals surface area contributed by atoms with Gasteiger partial charge in [-0.05, 0) is 24.3 Å². The normalized spacial score (nSPS) is 8.75. The number of hydrogen-bond acceptors (Lipinski definition) is 4. The number of nitrogens with two attached hydrogens (primary N) is 2. The lowest BCUT2D eigenvalue weighted by atomic mass is 10.3. The topological polar surface area (TPSA) is 94.9 Å². The van der Waals surface area contributed by atoms with Crippen LogP contribution in [-0.2, 0) is 0 Å². The lowest BCUT2D eigenvalue weighted by Crippen LogP contribution is -2.10. The average Bonchev–Trinajstić information content (AvgIpc) is 2.32. The Morgan fingerprint density at radius 2 is 1.38 bits per heavy atom. The largest absolute Gasteiger partial charge is 0.399 e. The molecule has 5 heteroatoms. The number of primary amides is 1. The Kier molecular flexibility index (Phi) is 4.46. The number of carbonyl (C=O) groups is 1. The van der Waals surface area contributed by atoms with Gasteiger partial charge < -0.3 is 11.5 Å². The number of aromatic nitrogens is 2. The van der Waals surface area contributed by atoms with E-state index < -0.39 is 5.91 Å². The third-order valence-electron chi connectivity index (χ3n) is 1.67. The summed E-state index contributed by atoms with van der Waals surface area (Å²) >= 11 is 0. The summed E-state index contributed by atoms with van der Waals surface area (Å²) in [5.74, 6) is -0.419. The zero-order valence-corrected chi connectivity index (χ0v) is 8.58. The minimum Gasteiger partial charge on any atom is -0.399 e. The van der Waals surface area contributed by atoms with Crippen LogP contribution in [0, 0.1) is 0 Å². The predicted octanol–water partition coefficient (Wildman–Crippen LogP) is 0.844. The van der Waals surface area contributed by atoms with E-state index in [1.165, 1.54) is 12.4 Å². The van der Waals surface area contributed by atoms with Crippen molar-refractivity contribution in [2.75, 3.05) is 5.73 Å². The summed E-state index contributed by atoms with van der Waals surface area (Å²) in [6.07, 6.45) is 6.38. The molecule has 0 fully saturated rings. The van der Waals surface area contributed by atoms with Gasteiger partial charge in [0.2, 0.25) is 5.91 Å². The van der Waals surface area contributed by atoms with Gasteiger partial charge in [-0.15, -0.1) is 0 Å². The van der Waals surface area contributed by atoms with Crippen molar-refractivity contribution >= 4 is 11.6 Å². The van der Waals surface area contributed by atoms with Crippen LogP contribution in [0.25, 0.3) is 0 Å². The molecule has 0 radical (unpaired) electrons. The van der Waals surface area contributed by atoms with E-state index in [4.69, 9.17) is 11.5 Å². The molecule has 0 spiro atoms. The minimum absolute atomic E-state index is 0.419. The highest BCUT2D eigenvalue weighted by Crippen LogP contribution is 1.93. The van der Waals surface area contributed by atoms with Crippen molar-refractivity contribution in [1.82, 2.24) is 9.97 Å². The fourth-order valence-electron chi connectivity index (χ4n) is 0.880. The standard InChI is InChI=1S/C6H6N2O.C5H6N2/c7-6(9)5-1-3-8-4-2-5;6-5-1-3-7-4-2-5/h1-4H,(H2,7,9);1-4H,(H2,6,7). The van der Waals surface area contributed by atoms with Gasteiger partial charge in [-0.1, -0.05) is 0 Å². The molecule has 0 aliphatic rings. The second kappa shape index (κ2) is 6.13. The first-order valence-corrected chi connectivity index (χ1v) is 4.55. The van der Waals surface area contributed by atoms with E-state index in [0.29, 0.717) is 5.56 Å². The number of nitrogens with zero attached hydrogens (tertiary/aromatic N) is 2. The van der Waals surface area contributed by atoms with Gasteiger partial charge in [0.1, 0.15) is 0 Å². The fourth-order valence-corrected chi connectivity index (χ4v) is 0.880. The van der Waals surface area contributed by atoms with E-state index >= 15 is 0 Å². The molecule has 0 bridgehead atoms. The van der Waals surface area contributed by atoms with Crippen molar-refractivity contribution in [3.8, 4) is 0 Å². The molecule has 0 aliphatic heterocycles. The van der Waals surface area contributed by atoms with E-state index in [0.717, 1.165) is 5.69 Å². The maximum Gasteiger partial charge on any atom is 0.248 e. The van der Waals surface area contributed by atoms with Gasteiger partial charge in [-0.25, -0.2) is 0 Å². The van der Waals surface area contributed by atoms with E-state index in [9.17, 15) is 4.79 Å². The molecule has 0 saturated carbocycles. The van der Waals surface area contributed by atoms with Crippen molar-refractivity contribution in [2.45, 2.75) is 0 Å². The molecule has 2 aromatic rings. The van der Waals surface area contributed by atoms with Crippen molar-refractivity contribution < 1.29 is 4.79 Å². The molecule has 16 heavy (non-hydrogen) atoms. The van der Waals surface area contributed by atoms with Gasteiger partial charge in [-0.3, -0.25) is 14.8 Å². The SMILES string of the molecule is NC(=O)c1ccncc1.Nc1ccncc1. The number of hydrogen-bond donors (Lipinski definition) is 2. The third kappa shape index (κ3) is 4.19. The summed E-state index contributed by atoms with van der Waals surface area (Å²) < 4.78 is 0. The Labute approximate surface area is 93.1 Å². The van der Waals surface area contributed by atoms with Crippen LogP contribution in [0.5, 0.6) is 0 Å². The van der Waals surface area contributed by atoms with E-state index in [-0.39, 0.29) is 0 Å². The van der Waals surface area contributed by atoms with Crippen molar-refractivity contribution in [3.05, 3.63) is 54.6 Å². The van der Waals surface area contributed by atoms with Crippen LogP contribution >= 0.6 is 0 Å². The Balaban J connectivity index is 0.000000165. The minimum atomic E-state index is -0.419. The summed E-state index contributed by atoms with van der Waals surface area (Å²) in [6.45, 7) is 0.